The molecule has 0 saturated heterocycles. The highest BCUT2D eigenvalue weighted by Gasteiger charge is 2.31. The lowest BCUT2D eigenvalue weighted by atomic mass is 10.6. The molecular formula is C8H14F2Si. The van der Waals surface area contributed by atoms with Crippen molar-refractivity contribution >= 4 is 8.74 Å². The molecule has 0 atom stereocenters. The zero-order valence-corrected chi connectivity index (χ0v) is 7.98. The molecule has 0 amide bonds. The maximum atomic E-state index is 12.8. The summed E-state index contributed by atoms with van der Waals surface area (Å²) in [4.78, 5) is 0. The maximum Gasteiger partial charge on any atom is 0.432 e. The summed E-state index contributed by atoms with van der Waals surface area (Å²) < 4.78 is 25.7. The number of halogens is 2. The molecule has 0 heterocycles. The SMILES string of the molecule is C/C=C/C[Si](F)(F)C/C=C/C. The standard InChI is InChI=1S/C8H14F2Si/c1-3-5-7-11(9,10)8-6-4-2/h3-6H,7-8H2,1-2H3/b5-3+,6-4+. The van der Waals surface area contributed by atoms with E-state index < -0.39 is 8.74 Å². The molecule has 0 fully saturated rings. The Morgan fingerprint density at radius 3 is 1.64 bits per heavy atom. The van der Waals surface area contributed by atoms with E-state index >= 15 is 0 Å². The van der Waals surface area contributed by atoms with Gasteiger partial charge in [-0.05, 0) is 13.8 Å². The molecule has 0 rings (SSSR count). The minimum atomic E-state index is -3.92. The van der Waals surface area contributed by atoms with E-state index in [4.69, 9.17) is 0 Å². The fraction of sp³-hybridized carbons (Fsp3) is 0.500. The summed E-state index contributed by atoms with van der Waals surface area (Å²) in [5, 5.41) is 0. The van der Waals surface area contributed by atoms with Crippen LogP contribution in [-0.2, 0) is 0 Å². The van der Waals surface area contributed by atoms with Gasteiger partial charge < -0.3 is 0 Å². The first kappa shape index (κ1) is 10.6. The second-order valence-corrected chi connectivity index (χ2v) is 4.93. The Labute approximate surface area is 68.0 Å². The van der Waals surface area contributed by atoms with Crippen LogP contribution in [0.2, 0.25) is 12.1 Å². The van der Waals surface area contributed by atoms with Crippen LogP contribution in [0.5, 0.6) is 0 Å². The first-order valence-electron chi connectivity index (χ1n) is 3.72. The van der Waals surface area contributed by atoms with Crippen molar-refractivity contribution < 1.29 is 8.22 Å². The van der Waals surface area contributed by atoms with Crippen molar-refractivity contribution in [3.8, 4) is 0 Å². The van der Waals surface area contributed by atoms with Crippen molar-refractivity contribution in [3.63, 3.8) is 0 Å². The third-order valence-electron chi connectivity index (χ3n) is 1.30. The molecule has 0 aliphatic carbocycles. The van der Waals surface area contributed by atoms with E-state index in [0.717, 1.165) is 0 Å². The zero-order valence-electron chi connectivity index (χ0n) is 6.98. The van der Waals surface area contributed by atoms with Crippen molar-refractivity contribution in [3.05, 3.63) is 24.3 Å². The molecule has 0 radical (unpaired) electrons. The summed E-state index contributed by atoms with van der Waals surface area (Å²) in [6.45, 7) is 3.53. The summed E-state index contributed by atoms with van der Waals surface area (Å²) in [7, 11) is -3.92. The van der Waals surface area contributed by atoms with E-state index in [0.29, 0.717) is 0 Å². The summed E-state index contributed by atoms with van der Waals surface area (Å²) in [6.07, 6.45) is 6.46. The number of rotatable bonds is 4. The van der Waals surface area contributed by atoms with Crippen molar-refractivity contribution in [1.29, 1.82) is 0 Å². The predicted molar refractivity (Wildman–Crippen MR) is 47.2 cm³/mol. The lowest BCUT2D eigenvalue weighted by Crippen LogP contribution is -2.19. The molecule has 0 unspecified atom stereocenters. The number of hydrogen-bond donors (Lipinski definition) is 0. The monoisotopic (exact) mass is 176 g/mol. The summed E-state index contributed by atoms with van der Waals surface area (Å²) in [5.74, 6) is 0. The lowest BCUT2D eigenvalue weighted by molar-refractivity contribution is 0.607. The molecule has 0 bridgehead atoms. The molecule has 0 aromatic carbocycles. The molecule has 0 aliphatic heterocycles. The summed E-state index contributed by atoms with van der Waals surface area (Å²) in [5.41, 5.74) is 0. The van der Waals surface area contributed by atoms with Crippen molar-refractivity contribution in [2.24, 2.45) is 0 Å². The van der Waals surface area contributed by atoms with Crippen LogP contribution in [0, 0.1) is 0 Å². The van der Waals surface area contributed by atoms with Crippen molar-refractivity contribution in [1.82, 2.24) is 0 Å². The number of allylic oxidation sites excluding steroid dienone is 4. The highest BCUT2D eigenvalue weighted by molar-refractivity contribution is 6.67. The molecule has 3 heteroatoms. The molecule has 0 aliphatic rings. The van der Waals surface area contributed by atoms with E-state index in [9.17, 15) is 8.22 Å². The Kier molecular flexibility index (Phi) is 5.03. The molecule has 0 spiro atoms. The van der Waals surface area contributed by atoms with E-state index in [2.05, 4.69) is 0 Å². The molecule has 0 N–H and O–H groups in total. The van der Waals surface area contributed by atoms with Crippen LogP contribution in [0.15, 0.2) is 24.3 Å². The normalized spacial score (nSPS) is 13.5. The van der Waals surface area contributed by atoms with Crippen molar-refractivity contribution in [2.45, 2.75) is 25.9 Å². The molecule has 64 valence electrons. The van der Waals surface area contributed by atoms with Gasteiger partial charge >= 0.3 is 8.74 Å². The predicted octanol–water partition coefficient (Wildman–Crippen LogP) is 3.52. The largest absolute Gasteiger partial charge is 0.432 e. The maximum absolute atomic E-state index is 12.8. The second-order valence-electron chi connectivity index (χ2n) is 2.40. The van der Waals surface area contributed by atoms with Gasteiger partial charge in [-0.25, -0.2) is 0 Å². The fourth-order valence-corrected chi connectivity index (χ4v) is 1.99. The molecule has 0 nitrogen and oxygen atoms in total. The average molecular weight is 176 g/mol. The Morgan fingerprint density at radius 2 is 1.36 bits per heavy atom. The smallest absolute Gasteiger partial charge is 0.270 e. The molecular weight excluding hydrogens is 162 g/mol. The van der Waals surface area contributed by atoms with Gasteiger partial charge in [-0.2, -0.15) is 0 Å². The molecule has 0 saturated carbocycles. The van der Waals surface area contributed by atoms with E-state index in [1.165, 1.54) is 0 Å². The Bertz CT molecular complexity index is 134. The van der Waals surface area contributed by atoms with Crippen LogP contribution in [0.1, 0.15) is 13.8 Å². The Hall–Kier alpha value is -0.443. The third kappa shape index (κ3) is 5.98. The van der Waals surface area contributed by atoms with Crippen LogP contribution in [0.25, 0.3) is 0 Å². The van der Waals surface area contributed by atoms with Gasteiger partial charge in [-0.15, -0.1) is 0 Å². The summed E-state index contributed by atoms with van der Waals surface area (Å²) >= 11 is 0. The Balaban J connectivity index is 3.78. The zero-order chi connectivity index (χ0) is 8.74. The van der Waals surface area contributed by atoms with Gasteiger partial charge in [0.1, 0.15) is 0 Å². The van der Waals surface area contributed by atoms with E-state index in [1.54, 1.807) is 38.2 Å². The number of hydrogen-bond acceptors (Lipinski definition) is 0. The minimum absolute atomic E-state index is 0.0200. The van der Waals surface area contributed by atoms with Gasteiger partial charge in [0.05, 0.1) is 0 Å². The quantitative estimate of drug-likeness (QED) is 0.349. The first-order chi connectivity index (χ1) is 5.12. The first-order valence-corrected chi connectivity index (χ1v) is 5.89. The van der Waals surface area contributed by atoms with Crippen LogP contribution in [-0.4, -0.2) is 8.74 Å². The molecule has 0 aromatic rings. The highest BCUT2D eigenvalue weighted by atomic mass is 28.4. The van der Waals surface area contributed by atoms with Crippen LogP contribution in [0.3, 0.4) is 0 Å². The van der Waals surface area contributed by atoms with Crippen molar-refractivity contribution in [2.75, 3.05) is 0 Å². The van der Waals surface area contributed by atoms with E-state index in [-0.39, 0.29) is 12.1 Å². The van der Waals surface area contributed by atoms with Crippen LogP contribution in [0.4, 0.5) is 8.22 Å². The Morgan fingerprint density at radius 1 is 1.00 bits per heavy atom. The van der Waals surface area contributed by atoms with Gasteiger partial charge in [0, 0.05) is 12.1 Å². The second kappa shape index (κ2) is 5.24. The summed E-state index contributed by atoms with van der Waals surface area (Å²) in [6, 6.07) is -0.0400. The van der Waals surface area contributed by atoms with E-state index in [1.807, 2.05) is 0 Å². The minimum Gasteiger partial charge on any atom is -0.270 e. The highest BCUT2D eigenvalue weighted by Crippen LogP contribution is 2.19. The van der Waals surface area contributed by atoms with Gasteiger partial charge in [0.25, 0.3) is 0 Å². The lowest BCUT2D eigenvalue weighted by Gasteiger charge is -2.06. The third-order valence-corrected chi connectivity index (χ3v) is 2.97. The fourth-order valence-electron chi connectivity index (χ4n) is 0.664. The van der Waals surface area contributed by atoms with Gasteiger partial charge in [-0.1, -0.05) is 24.3 Å². The van der Waals surface area contributed by atoms with Gasteiger partial charge in [0.15, 0.2) is 0 Å². The average Bonchev–Trinajstić information content (AvgIpc) is 1.97. The van der Waals surface area contributed by atoms with Gasteiger partial charge in [-0.3, -0.25) is 8.22 Å². The van der Waals surface area contributed by atoms with Crippen LogP contribution >= 0.6 is 0 Å². The van der Waals surface area contributed by atoms with Crippen LogP contribution < -0.4 is 0 Å². The molecule has 11 heavy (non-hydrogen) atoms. The molecule has 0 aromatic heterocycles. The van der Waals surface area contributed by atoms with Gasteiger partial charge in [0.2, 0.25) is 0 Å². The topological polar surface area (TPSA) is 0 Å².